The van der Waals surface area contributed by atoms with Gasteiger partial charge in [-0.2, -0.15) is 0 Å². The molecule has 4 rings (SSSR count). The van der Waals surface area contributed by atoms with Crippen LogP contribution in [0.3, 0.4) is 0 Å². The molecule has 2 saturated heterocycles. The molecule has 0 aromatic heterocycles. The van der Waals surface area contributed by atoms with Crippen LogP contribution in [-0.2, 0) is 19.6 Å². The van der Waals surface area contributed by atoms with E-state index in [0.29, 0.717) is 13.2 Å². The minimum atomic E-state index is -0.631. The van der Waals surface area contributed by atoms with E-state index in [1.165, 1.54) is 11.1 Å². The Balaban J connectivity index is 1.98. The van der Waals surface area contributed by atoms with E-state index >= 15 is 0 Å². The van der Waals surface area contributed by atoms with E-state index in [0.717, 1.165) is 19.4 Å². The Labute approximate surface area is 143 Å². The van der Waals surface area contributed by atoms with Crippen molar-refractivity contribution in [3.05, 3.63) is 71.8 Å². The lowest BCUT2D eigenvalue weighted by molar-refractivity contribution is -0.367. The van der Waals surface area contributed by atoms with Crippen LogP contribution in [0.1, 0.15) is 30.9 Å². The molecule has 0 aliphatic carbocycles. The molecule has 0 amide bonds. The highest BCUT2D eigenvalue weighted by molar-refractivity contribution is 5.46. The third-order valence-electron chi connectivity index (χ3n) is 5.39. The van der Waals surface area contributed by atoms with Gasteiger partial charge in [0.15, 0.2) is 5.79 Å². The number of hydrogen-bond donors (Lipinski definition) is 0. The highest BCUT2D eigenvalue weighted by atomic mass is 16.7. The van der Waals surface area contributed by atoms with E-state index in [4.69, 9.17) is 14.2 Å². The normalized spacial score (nSPS) is 28.5. The number of rotatable bonds is 4. The lowest BCUT2D eigenvalue weighted by Gasteiger charge is -2.60. The zero-order valence-electron chi connectivity index (χ0n) is 14.1. The second kappa shape index (κ2) is 6.32. The quantitative estimate of drug-likeness (QED) is 0.853. The Kier molecular flexibility index (Phi) is 4.17. The minimum Gasteiger partial charge on any atom is -0.377 e. The summed E-state index contributed by atoms with van der Waals surface area (Å²) in [7, 11) is 0. The van der Waals surface area contributed by atoms with Crippen molar-refractivity contribution < 1.29 is 14.2 Å². The lowest BCUT2D eigenvalue weighted by atomic mass is 9.60. The fourth-order valence-corrected chi connectivity index (χ4v) is 4.41. The van der Waals surface area contributed by atoms with E-state index in [1.54, 1.807) is 0 Å². The second-order valence-corrected chi connectivity index (χ2v) is 6.47. The van der Waals surface area contributed by atoms with Gasteiger partial charge in [0, 0.05) is 13.0 Å². The first kappa shape index (κ1) is 15.8. The Bertz CT molecular complexity index is 622. The van der Waals surface area contributed by atoms with Crippen LogP contribution in [0.25, 0.3) is 0 Å². The molecule has 1 spiro atoms. The van der Waals surface area contributed by atoms with Crippen LogP contribution in [0.5, 0.6) is 0 Å². The van der Waals surface area contributed by atoms with Crippen molar-refractivity contribution in [1.29, 1.82) is 0 Å². The molecule has 24 heavy (non-hydrogen) atoms. The highest BCUT2D eigenvalue weighted by Gasteiger charge is 2.65. The second-order valence-electron chi connectivity index (χ2n) is 6.47. The molecule has 0 saturated carbocycles. The van der Waals surface area contributed by atoms with E-state index in [2.05, 4.69) is 67.6 Å². The zero-order chi connectivity index (χ0) is 16.5. The Hall–Kier alpha value is -1.68. The van der Waals surface area contributed by atoms with Gasteiger partial charge in [0.05, 0.1) is 19.3 Å². The molecule has 0 bridgehead atoms. The predicted octanol–water partition coefficient (Wildman–Crippen LogP) is 3.91. The van der Waals surface area contributed by atoms with E-state index < -0.39 is 11.2 Å². The van der Waals surface area contributed by atoms with Gasteiger partial charge in [-0.1, -0.05) is 60.7 Å². The maximum absolute atomic E-state index is 6.30. The molecule has 3 heteroatoms. The van der Waals surface area contributed by atoms with Gasteiger partial charge in [0.25, 0.3) is 0 Å². The van der Waals surface area contributed by atoms with Gasteiger partial charge in [0.1, 0.15) is 5.41 Å². The van der Waals surface area contributed by atoms with Crippen molar-refractivity contribution in [2.75, 3.05) is 19.8 Å². The molecule has 2 aromatic rings. The van der Waals surface area contributed by atoms with Crippen molar-refractivity contribution >= 4 is 0 Å². The fraction of sp³-hybridized carbons (Fsp3) is 0.429. The van der Waals surface area contributed by atoms with Crippen LogP contribution >= 0.6 is 0 Å². The molecular weight excluding hydrogens is 300 g/mol. The van der Waals surface area contributed by atoms with Crippen molar-refractivity contribution in [1.82, 2.24) is 0 Å². The maximum Gasteiger partial charge on any atom is 0.186 e. The van der Waals surface area contributed by atoms with Gasteiger partial charge in [-0.15, -0.1) is 0 Å². The zero-order valence-corrected chi connectivity index (χ0v) is 14.1. The van der Waals surface area contributed by atoms with Crippen LogP contribution in [0.15, 0.2) is 60.7 Å². The fourth-order valence-electron chi connectivity index (χ4n) is 4.41. The van der Waals surface area contributed by atoms with Crippen LogP contribution in [0.2, 0.25) is 0 Å². The van der Waals surface area contributed by atoms with Crippen molar-refractivity contribution in [2.45, 2.75) is 37.1 Å². The molecule has 126 valence electrons. The van der Waals surface area contributed by atoms with Gasteiger partial charge in [0.2, 0.25) is 0 Å². The summed E-state index contributed by atoms with van der Waals surface area (Å²) in [5.74, 6) is -0.631. The molecule has 2 aromatic carbocycles. The lowest BCUT2D eigenvalue weighted by Crippen LogP contribution is -2.69. The van der Waals surface area contributed by atoms with Crippen molar-refractivity contribution in [2.24, 2.45) is 0 Å². The minimum absolute atomic E-state index is 0.0290. The van der Waals surface area contributed by atoms with Gasteiger partial charge >= 0.3 is 0 Å². The van der Waals surface area contributed by atoms with Crippen LogP contribution < -0.4 is 0 Å². The molecular formula is C21H24O3. The first-order valence-electron chi connectivity index (χ1n) is 8.84. The molecule has 2 heterocycles. The van der Waals surface area contributed by atoms with Crippen molar-refractivity contribution in [3.63, 3.8) is 0 Å². The largest absolute Gasteiger partial charge is 0.377 e. The van der Waals surface area contributed by atoms with Crippen LogP contribution in [0.4, 0.5) is 0 Å². The maximum atomic E-state index is 6.30. The molecule has 0 N–H and O–H groups in total. The van der Waals surface area contributed by atoms with Gasteiger partial charge in [-0.3, -0.25) is 0 Å². The van der Waals surface area contributed by atoms with Gasteiger partial charge < -0.3 is 14.2 Å². The van der Waals surface area contributed by atoms with E-state index in [1.807, 2.05) is 0 Å². The summed E-state index contributed by atoms with van der Waals surface area (Å²) in [4.78, 5) is 0. The molecule has 2 aliphatic rings. The molecule has 3 nitrogen and oxygen atoms in total. The monoisotopic (exact) mass is 324 g/mol. The van der Waals surface area contributed by atoms with Crippen molar-refractivity contribution in [3.8, 4) is 0 Å². The molecule has 2 aliphatic heterocycles. The number of hydrogen-bond acceptors (Lipinski definition) is 3. The van der Waals surface area contributed by atoms with Gasteiger partial charge in [-0.05, 0) is 24.5 Å². The summed E-state index contributed by atoms with van der Waals surface area (Å²) in [6, 6.07) is 21.2. The number of ether oxygens (including phenoxy) is 3. The van der Waals surface area contributed by atoms with Gasteiger partial charge in [-0.25, -0.2) is 0 Å². The summed E-state index contributed by atoms with van der Waals surface area (Å²) < 4.78 is 18.7. The SMILES string of the molecule is CCOC1CCOC2(CCO2)C1(c1ccccc1)c1ccccc1. The summed E-state index contributed by atoms with van der Waals surface area (Å²) in [6.07, 6.45) is 1.78. The van der Waals surface area contributed by atoms with E-state index in [9.17, 15) is 0 Å². The smallest absolute Gasteiger partial charge is 0.186 e. The Morgan fingerprint density at radius 1 is 0.917 bits per heavy atom. The summed E-state index contributed by atoms with van der Waals surface area (Å²) >= 11 is 0. The van der Waals surface area contributed by atoms with Crippen LogP contribution in [-0.4, -0.2) is 31.7 Å². The standard InChI is InChI=1S/C21H24O3/c1-2-22-19-13-15-23-20(14-16-24-20)21(19,17-9-5-3-6-10-17)18-11-7-4-8-12-18/h3-12,19H,2,13-16H2,1H3. The molecule has 0 radical (unpaired) electrons. The topological polar surface area (TPSA) is 27.7 Å². The average Bonchev–Trinajstić information content (AvgIpc) is 2.62. The molecule has 2 atom stereocenters. The third kappa shape index (κ3) is 2.16. The highest BCUT2D eigenvalue weighted by Crippen LogP contribution is 2.56. The Morgan fingerprint density at radius 2 is 1.50 bits per heavy atom. The molecule has 2 fully saturated rings. The first-order chi connectivity index (χ1) is 11.8. The molecule has 2 unspecified atom stereocenters. The first-order valence-corrected chi connectivity index (χ1v) is 8.84. The average molecular weight is 324 g/mol. The van der Waals surface area contributed by atoms with Crippen LogP contribution in [0, 0.1) is 0 Å². The summed E-state index contributed by atoms with van der Waals surface area (Å²) in [6.45, 7) is 4.15. The van der Waals surface area contributed by atoms with E-state index in [-0.39, 0.29) is 6.10 Å². The Morgan fingerprint density at radius 3 is 1.96 bits per heavy atom. The summed E-state index contributed by atoms with van der Waals surface area (Å²) in [5.41, 5.74) is 1.96. The predicted molar refractivity (Wildman–Crippen MR) is 92.9 cm³/mol. The summed E-state index contributed by atoms with van der Waals surface area (Å²) in [5, 5.41) is 0. The number of benzene rings is 2. The third-order valence-corrected chi connectivity index (χ3v) is 5.39.